The molecule has 3 nitrogen and oxygen atoms in total. The number of aryl methyl sites for hydroxylation is 1. The lowest BCUT2D eigenvalue weighted by molar-refractivity contribution is 0.0451. The maximum Gasteiger partial charge on any atom is 0.123 e. The van der Waals surface area contributed by atoms with Crippen LogP contribution in [0.1, 0.15) is 29.2 Å². The SMILES string of the molecule is Cl.Fc1ccc(C(OCCN2CCN(CCCc3ccccc3)CC2)c2ccc(F)cc2)cc1. The molecule has 0 N–H and O–H groups in total. The summed E-state index contributed by atoms with van der Waals surface area (Å²) in [6, 6.07) is 23.3. The van der Waals surface area contributed by atoms with Crippen molar-refractivity contribution in [3.63, 3.8) is 0 Å². The number of benzene rings is 3. The molecule has 1 fully saturated rings. The summed E-state index contributed by atoms with van der Waals surface area (Å²) < 4.78 is 33.0. The van der Waals surface area contributed by atoms with Gasteiger partial charge in [0.2, 0.25) is 0 Å². The van der Waals surface area contributed by atoms with E-state index in [1.807, 2.05) is 0 Å². The predicted molar refractivity (Wildman–Crippen MR) is 135 cm³/mol. The van der Waals surface area contributed by atoms with Gasteiger partial charge in [-0.1, -0.05) is 54.6 Å². The number of piperazine rings is 1. The molecule has 0 spiro atoms. The van der Waals surface area contributed by atoms with Gasteiger partial charge in [-0.3, -0.25) is 4.90 Å². The van der Waals surface area contributed by atoms with Crippen molar-refractivity contribution in [2.24, 2.45) is 0 Å². The van der Waals surface area contributed by atoms with Crippen LogP contribution in [0.5, 0.6) is 0 Å². The van der Waals surface area contributed by atoms with Crippen molar-refractivity contribution in [1.29, 1.82) is 0 Å². The highest BCUT2D eigenvalue weighted by molar-refractivity contribution is 5.85. The van der Waals surface area contributed by atoms with Crippen molar-refractivity contribution in [3.05, 3.63) is 107 Å². The lowest BCUT2D eigenvalue weighted by Gasteiger charge is -2.35. The maximum absolute atomic E-state index is 13.4. The molecule has 3 aromatic carbocycles. The Morgan fingerprint density at radius 1 is 0.676 bits per heavy atom. The third kappa shape index (κ3) is 7.88. The number of hydrogen-bond donors (Lipinski definition) is 0. The zero-order chi connectivity index (χ0) is 22.9. The van der Waals surface area contributed by atoms with E-state index in [1.165, 1.54) is 36.2 Å². The van der Waals surface area contributed by atoms with E-state index in [2.05, 4.69) is 40.1 Å². The fourth-order valence-corrected chi connectivity index (χ4v) is 4.35. The quantitative estimate of drug-likeness (QED) is 0.363. The van der Waals surface area contributed by atoms with Crippen LogP contribution >= 0.6 is 12.4 Å². The highest BCUT2D eigenvalue weighted by atomic mass is 35.5. The molecule has 6 heteroatoms. The molecule has 1 saturated heterocycles. The second kappa shape index (κ2) is 13.5. The van der Waals surface area contributed by atoms with Crippen LogP contribution in [0.25, 0.3) is 0 Å². The molecule has 3 aromatic rings. The van der Waals surface area contributed by atoms with Gasteiger partial charge in [-0.25, -0.2) is 8.78 Å². The zero-order valence-corrected chi connectivity index (χ0v) is 20.2. The van der Waals surface area contributed by atoms with Gasteiger partial charge in [0.25, 0.3) is 0 Å². The third-order valence-electron chi connectivity index (χ3n) is 6.29. The largest absolute Gasteiger partial charge is 0.367 e. The molecule has 0 amide bonds. The summed E-state index contributed by atoms with van der Waals surface area (Å²) in [4.78, 5) is 4.97. The molecule has 1 aliphatic rings. The smallest absolute Gasteiger partial charge is 0.123 e. The van der Waals surface area contributed by atoms with Crippen molar-refractivity contribution in [2.45, 2.75) is 18.9 Å². The van der Waals surface area contributed by atoms with Gasteiger partial charge in [0.15, 0.2) is 0 Å². The Morgan fingerprint density at radius 2 is 1.18 bits per heavy atom. The van der Waals surface area contributed by atoms with Gasteiger partial charge in [-0.2, -0.15) is 0 Å². The average Bonchev–Trinajstić information content (AvgIpc) is 2.85. The number of hydrogen-bond acceptors (Lipinski definition) is 3. The normalized spacial score (nSPS) is 14.8. The summed E-state index contributed by atoms with van der Waals surface area (Å²) in [5.74, 6) is -0.559. The molecular formula is C28H33ClF2N2O. The van der Waals surface area contributed by atoms with Crippen LogP contribution in [0, 0.1) is 11.6 Å². The fraction of sp³-hybridized carbons (Fsp3) is 0.357. The van der Waals surface area contributed by atoms with E-state index in [0.717, 1.165) is 56.8 Å². The molecule has 0 bridgehead atoms. The van der Waals surface area contributed by atoms with Crippen molar-refractivity contribution in [3.8, 4) is 0 Å². The molecule has 34 heavy (non-hydrogen) atoms. The first kappa shape index (κ1) is 26.3. The molecule has 1 heterocycles. The lowest BCUT2D eigenvalue weighted by Crippen LogP contribution is -2.47. The summed E-state index contributed by atoms with van der Waals surface area (Å²) in [7, 11) is 0. The first-order valence-corrected chi connectivity index (χ1v) is 11.8. The Bertz CT molecular complexity index is 916. The highest BCUT2D eigenvalue weighted by Gasteiger charge is 2.19. The Morgan fingerprint density at radius 3 is 1.71 bits per heavy atom. The van der Waals surface area contributed by atoms with Crippen molar-refractivity contribution < 1.29 is 13.5 Å². The van der Waals surface area contributed by atoms with Crippen LogP contribution in [0.3, 0.4) is 0 Å². The maximum atomic E-state index is 13.4. The van der Waals surface area contributed by atoms with Gasteiger partial charge in [-0.15, -0.1) is 12.4 Å². The van der Waals surface area contributed by atoms with Gasteiger partial charge >= 0.3 is 0 Å². The van der Waals surface area contributed by atoms with Gasteiger partial charge in [0, 0.05) is 32.7 Å². The minimum absolute atomic E-state index is 0. The van der Waals surface area contributed by atoms with E-state index in [-0.39, 0.29) is 30.1 Å². The third-order valence-corrected chi connectivity index (χ3v) is 6.29. The second-order valence-corrected chi connectivity index (χ2v) is 8.63. The molecule has 0 atom stereocenters. The van der Waals surface area contributed by atoms with E-state index >= 15 is 0 Å². The van der Waals surface area contributed by atoms with E-state index in [4.69, 9.17) is 4.74 Å². The summed E-state index contributed by atoms with van der Waals surface area (Å²) in [5.41, 5.74) is 3.14. The van der Waals surface area contributed by atoms with Crippen LogP contribution in [-0.2, 0) is 11.2 Å². The Kier molecular flexibility index (Phi) is 10.5. The van der Waals surface area contributed by atoms with Crippen LogP contribution in [-0.4, -0.2) is 55.7 Å². The van der Waals surface area contributed by atoms with Crippen LogP contribution < -0.4 is 0 Å². The van der Waals surface area contributed by atoms with Crippen molar-refractivity contribution in [2.75, 3.05) is 45.9 Å². The van der Waals surface area contributed by atoms with Gasteiger partial charge in [0.1, 0.15) is 17.7 Å². The Balaban J connectivity index is 0.00000324. The summed E-state index contributed by atoms with van der Waals surface area (Å²) in [6.07, 6.45) is 1.97. The van der Waals surface area contributed by atoms with Crippen LogP contribution in [0.15, 0.2) is 78.9 Å². The summed E-state index contributed by atoms with van der Waals surface area (Å²) >= 11 is 0. The lowest BCUT2D eigenvalue weighted by atomic mass is 10.0. The predicted octanol–water partition coefficient (Wildman–Crippen LogP) is 5.74. The van der Waals surface area contributed by atoms with Crippen LogP contribution in [0.4, 0.5) is 8.78 Å². The molecule has 1 aliphatic heterocycles. The van der Waals surface area contributed by atoms with E-state index in [1.54, 1.807) is 24.3 Å². The monoisotopic (exact) mass is 486 g/mol. The summed E-state index contributed by atoms with van der Waals surface area (Å²) in [5, 5.41) is 0. The molecular weight excluding hydrogens is 454 g/mol. The molecule has 0 unspecified atom stereocenters. The Labute approximate surface area is 207 Å². The van der Waals surface area contributed by atoms with Crippen molar-refractivity contribution >= 4 is 12.4 Å². The molecule has 182 valence electrons. The van der Waals surface area contributed by atoms with E-state index in [9.17, 15) is 8.78 Å². The first-order valence-electron chi connectivity index (χ1n) is 11.8. The minimum Gasteiger partial charge on any atom is -0.367 e. The first-order chi connectivity index (χ1) is 16.2. The zero-order valence-electron chi connectivity index (χ0n) is 19.4. The number of ether oxygens (including phenoxy) is 1. The van der Waals surface area contributed by atoms with Gasteiger partial charge in [-0.05, 0) is 60.3 Å². The van der Waals surface area contributed by atoms with Crippen LogP contribution in [0.2, 0.25) is 0 Å². The standard InChI is InChI=1S/C28H32F2N2O.ClH/c29-26-12-8-24(9-13-26)28(25-10-14-27(30)15-11-25)33-22-21-32-19-17-31(18-20-32)16-4-7-23-5-2-1-3-6-23;/h1-3,5-6,8-15,28H,4,7,16-22H2;1H. The highest BCUT2D eigenvalue weighted by Crippen LogP contribution is 2.26. The Hall–Kier alpha value is -2.31. The molecule has 0 saturated carbocycles. The molecule has 0 radical (unpaired) electrons. The fourth-order valence-electron chi connectivity index (χ4n) is 4.35. The molecule has 0 aliphatic carbocycles. The summed E-state index contributed by atoms with van der Waals surface area (Å²) in [6.45, 7) is 6.77. The van der Waals surface area contributed by atoms with Gasteiger partial charge < -0.3 is 9.64 Å². The second-order valence-electron chi connectivity index (χ2n) is 8.63. The minimum atomic E-state index is -0.342. The van der Waals surface area contributed by atoms with Gasteiger partial charge in [0.05, 0.1) is 6.61 Å². The number of rotatable bonds is 10. The molecule has 0 aromatic heterocycles. The van der Waals surface area contributed by atoms with E-state index < -0.39 is 0 Å². The number of nitrogens with zero attached hydrogens (tertiary/aromatic N) is 2. The average molecular weight is 487 g/mol. The van der Waals surface area contributed by atoms with E-state index in [0.29, 0.717) is 6.61 Å². The topological polar surface area (TPSA) is 15.7 Å². The van der Waals surface area contributed by atoms with Crippen molar-refractivity contribution in [1.82, 2.24) is 9.80 Å². The number of halogens is 3. The molecule has 4 rings (SSSR count).